The van der Waals surface area contributed by atoms with Crippen LogP contribution in [0.1, 0.15) is 36.9 Å². The zero-order chi connectivity index (χ0) is 11.6. The molecule has 1 aromatic heterocycles. The molecule has 0 amide bonds. The second-order valence-corrected chi connectivity index (χ2v) is 5.75. The Labute approximate surface area is 101 Å². The van der Waals surface area contributed by atoms with Gasteiger partial charge in [-0.15, -0.1) is 11.3 Å². The van der Waals surface area contributed by atoms with E-state index in [-0.39, 0.29) is 11.6 Å². The standard InChI is InChI=1S/C12H20N2OS/c1-9-8-16-11(14-9)7-10(13)12(2)5-3-4-6-15-12/h8,10H,3-7,13H2,1-2H3. The summed E-state index contributed by atoms with van der Waals surface area (Å²) in [5, 5.41) is 3.20. The molecular weight excluding hydrogens is 220 g/mol. The van der Waals surface area contributed by atoms with Crippen LogP contribution >= 0.6 is 11.3 Å². The van der Waals surface area contributed by atoms with Gasteiger partial charge in [0.1, 0.15) is 0 Å². The van der Waals surface area contributed by atoms with Gasteiger partial charge in [-0.25, -0.2) is 4.98 Å². The fourth-order valence-electron chi connectivity index (χ4n) is 2.15. The van der Waals surface area contributed by atoms with E-state index in [1.165, 1.54) is 12.8 Å². The number of rotatable bonds is 3. The molecule has 1 aliphatic rings. The molecule has 4 heteroatoms. The van der Waals surface area contributed by atoms with Crippen LogP contribution in [0, 0.1) is 6.92 Å². The summed E-state index contributed by atoms with van der Waals surface area (Å²) >= 11 is 1.69. The minimum atomic E-state index is -0.155. The molecule has 90 valence electrons. The van der Waals surface area contributed by atoms with Gasteiger partial charge in [0.2, 0.25) is 0 Å². The molecule has 1 fully saturated rings. The summed E-state index contributed by atoms with van der Waals surface area (Å²) in [7, 11) is 0. The Morgan fingerprint density at radius 1 is 1.62 bits per heavy atom. The van der Waals surface area contributed by atoms with Gasteiger partial charge in [0, 0.05) is 30.1 Å². The molecule has 3 nitrogen and oxygen atoms in total. The summed E-state index contributed by atoms with van der Waals surface area (Å²) in [4.78, 5) is 4.46. The minimum Gasteiger partial charge on any atom is -0.374 e. The first-order chi connectivity index (χ1) is 7.60. The third-order valence-electron chi connectivity index (χ3n) is 3.34. The van der Waals surface area contributed by atoms with Crippen LogP contribution in [0.3, 0.4) is 0 Å². The molecule has 2 unspecified atom stereocenters. The number of hydrogen-bond donors (Lipinski definition) is 1. The van der Waals surface area contributed by atoms with Gasteiger partial charge < -0.3 is 10.5 Å². The molecule has 2 atom stereocenters. The van der Waals surface area contributed by atoms with Crippen molar-refractivity contribution in [3.05, 3.63) is 16.1 Å². The molecule has 0 radical (unpaired) electrons. The average molecular weight is 240 g/mol. The van der Waals surface area contributed by atoms with Crippen LogP contribution in [0.2, 0.25) is 0 Å². The topological polar surface area (TPSA) is 48.1 Å². The van der Waals surface area contributed by atoms with Gasteiger partial charge in [-0.2, -0.15) is 0 Å². The average Bonchev–Trinajstić information content (AvgIpc) is 2.65. The van der Waals surface area contributed by atoms with Crippen molar-refractivity contribution >= 4 is 11.3 Å². The minimum absolute atomic E-state index is 0.0540. The number of thiazole rings is 1. The highest BCUT2D eigenvalue weighted by Crippen LogP contribution is 2.28. The van der Waals surface area contributed by atoms with E-state index >= 15 is 0 Å². The van der Waals surface area contributed by atoms with Gasteiger partial charge in [-0.1, -0.05) is 0 Å². The number of nitrogens with zero attached hydrogens (tertiary/aromatic N) is 1. The third kappa shape index (κ3) is 2.62. The van der Waals surface area contributed by atoms with Crippen LogP contribution < -0.4 is 5.73 Å². The summed E-state index contributed by atoms with van der Waals surface area (Å²) in [6.45, 7) is 5.00. The normalized spacial score (nSPS) is 27.9. The Hall–Kier alpha value is -0.450. The molecule has 1 aromatic rings. The molecule has 0 saturated carbocycles. The molecule has 2 rings (SSSR count). The zero-order valence-corrected chi connectivity index (χ0v) is 10.8. The molecule has 0 aromatic carbocycles. The zero-order valence-electron chi connectivity index (χ0n) is 10.0. The Balaban J connectivity index is 1.98. The first-order valence-corrected chi connectivity index (χ1v) is 6.79. The van der Waals surface area contributed by atoms with Crippen LogP contribution in [0.4, 0.5) is 0 Å². The molecule has 0 bridgehead atoms. The Kier molecular flexibility index (Phi) is 3.62. The Bertz CT molecular complexity index is 345. The van der Waals surface area contributed by atoms with Crippen molar-refractivity contribution < 1.29 is 4.74 Å². The number of aryl methyl sites for hydroxylation is 1. The Morgan fingerprint density at radius 2 is 2.44 bits per heavy atom. The van der Waals surface area contributed by atoms with Gasteiger partial charge in [-0.3, -0.25) is 0 Å². The number of hydrogen-bond acceptors (Lipinski definition) is 4. The first kappa shape index (κ1) is 12.0. The molecule has 2 N–H and O–H groups in total. The van der Waals surface area contributed by atoms with E-state index in [9.17, 15) is 0 Å². The SMILES string of the molecule is Cc1csc(CC(N)C2(C)CCCCO2)n1. The molecule has 16 heavy (non-hydrogen) atoms. The van der Waals surface area contributed by atoms with Crippen LogP contribution in [-0.4, -0.2) is 23.2 Å². The summed E-state index contributed by atoms with van der Waals surface area (Å²) in [6.07, 6.45) is 4.29. The van der Waals surface area contributed by atoms with E-state index in [1.807, 2.05) is 6.92 Å². The van der Waals surface area contributed by atoms with E-state index in [2.05, 4.69) is 17.3 Å². The molecule has 1 aliphatic heterocycles. The van der Waals surface area contributed by atoms with Crippen molar-refractivity contribution in [2.24, 2.45) is 5.73 Å². The predicted octanol–water partition coefficient (Wildman–Crippen LogP) is 2.28. The fraction of sp³-hybridized carbons (Fsp3) is 0.750. The lowest BCUT2D eigenvalue weighted by atomic mass is 9.87. The van der Waals surface area contributed by atoms with E-state index in [1.54, 1.807) is 11.3 Å². The lowest BCUT2D eigenvalue weighted by Crippen LogP contribution is -2.50. The number of ether oxygens (including phenoxy) is 1. The van der Waals surface area contributed by atoms with Gasteiger partial charge >= 0.3 is 0 Å². The summed E-state index contributed by atoms with van der Waals surface area (Å²) in [5.41, 5.74) is 7.20. The van der Waals surface area contributed by atoms with Crippen molar-refractivity contribution in [1.29, 1.82) is 0 Å². The van der Waals surface area contributed by atoms with E-state index in [0.717, 1.165) is 30.2 Å². The van der Waals surface area contributed by atoms with Crippen LogP contribution in [0.5, 0.6) is 0 Å². The van der Waals surface area contributed by atoms with Crippen molar-refractivity contribution in [1.82, 2.24) is 4.98 Å². The molecule has 0 aliphatic carbocycles. The molecule has 2 heterocycles. The molecular formula is C12H20N2OS. The number of nitrogens with two attached hydrogens (primary N) is 1. The van der Waals surface area contributed by atoms with Crippen LogP contribution in [0.15, 0.2) is 5.38 Å². The highest BCUT2D eigenvalue weighted by atomic mass is 32.1. The van der Waals surface area contributed by atoms with Crippen LogP contribution in [-0.2, 0) is 11.2 Å². The van der Waals surface area contributed by atoms with Crippen LogP contribution in [0.25, 0.3) is 0 Å². The van der Waals surface area contributed by atoms with Gasteiger partial charge in [0.05, 0.1) is 10.6 Å². The maximum absolute atomic E-state index is 6.27. The largest absolute Gasteiger partial charge is 0.374 e. The van der Waals surface area contributed by atoms with Gasteiger partial charge in [0.25, 0.3) is 0 Å². The number of aromatic nitrogens is 1. The molecule has 0 spiro atoms. The lowest BCUT2D eigenvalue weighted by molar-refractivity contribution is -0.0808. The predicted molar refractivity (Wildman–Crippen MR) is 66.7 cm³/mol. The summed E-state index contributed by atoms with van der Waals surface area (Å²) < 4.78 is 5.86. The summed E-state index contributed by atoms with van der Waals surface area (Å²) in [6, 6.07) is 0.0540. The molecule has 1 saturated heterocycles. The second kappa shape index (κ2) is 4.82. The fourth-order valence-corrected chi connectivity index (χ4v) is 2.98. The van der Waals surface area contributed by atoms with Crippen molar-refractivity contribution in [2.45, 2.75) is 51.2 Å². The van der Waals surface area contributed by atoms with Gasteiger partial charge in [0.15, 0.2) is 0 Å². The monoisotopic (exact) mass is 240 g/mol. The van der Waals surface area contributed by atoms with E-state index in [4.69, 9.17) is 10.5 Å². The quantitative estimate of drug-likeness (QED) is 0.881. The van der Waals surface area contributed by atoms with Crippen molar-refractivity contribution in [2.75, 3.05) is 6.61 Å². The maximum Gasteiger partial charge on any atom is 0.0944 e. The highest BCUT2D eigenvalue weighted by Gasteiger charge is 2.34. The Morgan fingerprint density at radius 3 is 3.00 bits per heavy atom. The lowest BCUT2D eigenvalue weighted by Gasteiger charge is -2.38. The third-order valence-corrected chi connectivity index (χ3v) is 4.33. The van der Waals surface area contributed by atoms with Gasteiger partial charge in [-0.05, 0) is 33.1 Å². The van der Waals surface area contributed by atoms with E-state index in [0.29, 0.717) is 0 Å². The smallest absolute Gasteiger partial charge is 0.0944 e. The maximum atomic E-state index is 6.27. The van der Waals surface area contributed by atoms with Crippen molar-refractivity contribution in [3.63, 3.8) is 0 Å². The highest BCUT2D eigenvalue weighted by molar-refractivity contribution is 7.09. The second-order valence-electron chi connectivity index (χ2n) is 4.81. The summed E-state index contributed by atoms with van der Waals surface area (Å²) in [5.74, 6) is 0. The first-order valence-electron chi connectivity index (χ1n) is 5.91. The van der Waals surface area contributed by atoms with E-state index < -0.39 is 0 Å². The van der Waals surface area contributed by atoms with Crippen molar-refractivity contribution in [3.8, 4) is 0 Å².